The van der Waals surface area contributed by atoms with E-state index in [0.717, 1.165) is 18.8 Å². The Labute approximate surface area is 124 Å². The summed E-state index contributed by atoms with van der Waals surface area (Å²) in [6.45, 7) is 8.23. The molecule has 2 N–H and O–H groups in total. The topological polar surface area (TPSA) is 55.6 Å². The lowest BCUT2D eigenvalue weighted by molar-refractivity contribution is 0.0745. The van der Waals surface area contributed by atoms with Crippen molar-refractivity contribution in [2.75, 3.05) is 31.2 Å². The third-order valence-electron chi connectivity index (χ3n) is 3.29. The maximum absolute atomic E-state index is 12.8. The van der Waals surface area contributed by atoms with Gasteiger partial charge in [-0.2, -0.15) is 11.8 Å². The van der Waals surface area contributed by atoms with Crippen LogP contribution in [0.3, 0.4) is 0 Å². The molecule has 1 aliphatic heterocycles. The van der Waals surface area contributed by atoms with E-state index in [0.29, 0.717) is 23.6 Å². The van der Waals surface area contributed by atoms with Crippen LogP contribution in [-0.4, -0.2) is 41.0 Å². The van der Waals surface area contributed by atoms with Crippen LogP contribution in [0, 0.1) is 0 Å². The molecule has 4 nitrogen and oxygen atoms in total. The van der Waals surface area contributed by atoms with Crippen molar-refractivity contribution < 1.29 is 9.53 Å². The van der Waals surface area contributed by atoms with Crippen molar-refractivity contribution in [1.29, 1.82) is 0 Å². The molecule has 110 valence electrons. The number of carbonyl (C=O) groups excluding carboxylic acids is 1. The highest BCUT2D eigenvalue weighted by Crippen LogP contribution is 2.32. The van der Waals surface area contributed by atoms with Crippen molar-refractivity contribution in [2.45, 2.75) is 25.5 Å². The predicted octanol–water partition coefficient (Wildman–Crippen LogP) is 2.64. The fourth-order valence-electron chi connectivity index (χ4n) is 2.40. The number of carbonyl (C=O) groups is 1. The number of anilines is 1. The van der Waals surface area contributed by atoms with E-state index in [1.165, 1.54) is 0 Å². The summed E-state index contributed by atoms with van der Waals surface area (Å²) in [6.07, 6.45) is 0. The van der Waals surface area contributed by atoms with Gasteiger partial charge in [0.15, 0.2) is 0 Å². The maximum Gasteiger partial charge on any atom is 0.259 e. The van der Waals surface area contributed by atoms with Gasteiger partial charge < -0.3 is 15.4 Å². The van der Waals surface area contributed by atoms with Gasteiger partial charge in [0.2, 0.25) is 0 Å². The molecule has 0 radical (unpaired) electrons. The minimum Gasteiger partial charge on any atom is -0.493 e. The average Bonchev–Trinajstić information content (AvgIpc) is 2.37. The first kappa shape index (κ1) is 15.0. The second-order valence-corrected chi connectivity index (χ2v) is 7.29. The summed E-state index contributed by atoms with van der Waals surface area (Å²) in [4.78, 5) is 14.6. The zero-order valence-electron chi connectivity index (χ0n) is 12.3. The zero-order valence-corrected chi connectivity index (χ0v) is 13.1. The minimum atomic E-state index is -0.0278. The molecule has 1 aromatic carbocycles. The number of nitrogens with two attached hydrogens (primary N) is 1. The van der Waals surface area contributed by atoms with Crippen molar-refractivity contribution in [1.82, 2.24) is 4.90 Å². The Morgan fingerprint density at radius 2 is 2.25 bits per heavy atom. The van der Waals surface area contributed by atoms with E-state index in [9.17, 15) is 4.79 Å². The Hall–Kier alpha value is -1.36. The number of rotatable bonds is 3. The largest absolute Gasteiger partial charge is 0.493 e. The number of benzene rings is 1. The van der Waals surface area contributed by atoms with Gasteiger partial charge >= 0.3 is 0 Å². The molecule has 0 bridgehead atoms. The highest BCUT2D eigenvalue weighted by atomic mass is 32.2. The van der Waals surface area contributed by atoms with Gasteiger partial charge in [-0.3, -0.25) is 4.79 Å². The Bertz CT molecular complexity index is 503. The molecule has 0 spiro atoms. The van der Waals surface area contributed by atoms with Gasteiger partial charge in [-0.15, -0.1) is 0 Å². The minimum absolute atomic E-state index is 0.0278. The molecule has 1 heterocycles. The molecule has 2 rings (SSSR count). The van der Waals surface area contributed by atoms with Crippen LogP contribution < -0.4 is 10.5 Å². The second-order valence-electron chi connectivity index (χ2n) is 5.49. The zero-order chi connectivity index (χ0) is 14.8. The molecule has 20 heavy (non-hydrogen) atoms. The van der Waals surface area contributed by atoms with Gasteiger partial charge in [-0.1, -0.05) is 6.07 Å². The molecular weight excluding hydrogens is 272 g/mol. The molecule has 0 aliphatic carbocycles. The van der Waals surface area contributed by atoms with Crippen LogP contribution >= 0.6 is 11.8 Å². The summed E-state index contributed by atoms with van der Waals surface area (Å²) in [5.41, 5.74) is 6.97. The van der Waals surface area contributed by atoms with Crippen LogP contribution in [-0.2, 0) is 0 Å². The van der Waals surface area contributed by atoms with E-state index in [-0.39, 0.29) is 10.7 Å². The van der Waals surface area contributed by atoms with E-state index >= 15 is 0 Å². The molecule has 1 amide bonds. The van der Waals surface area contributed by atoms with Crippen LogP contribution in [0.4, 0.5) is 5.69 Å². The van der Waals surface area contributed by atoms with Crippen LogP contribution in [0.5, 0.6) is 5.75 Å². The first-order valence-corrected chi connectivity index (χ1v) is 7.87. The molecular formula is C15H22N2O2S. The van der Waals surface area contributed by atoms with Gasteiger partial charge in [0.1, 0.15) is 11.3 Å². The van der Waals surface area contributed by atoms with Crippen molar-refractivity contribution in [3.05, 3.63) is 23.8 Å². The molecule has 5 heteroatoms. The van der Waals surface area contributed by atoms with E-state index in [1.54, 1.807) is 12.1 Å². The summed E-state index contributed by atoms with van der Waals surface area (Å²) in [5.74, 6) is 1.50. The van der Waals surface area contributed by atoms with Crippen molar-refractivity contribution in [2.24, 2.45) is 0 Å². The highest BCUT2D eigenvalue weighted by Gasteiger charge is 2.32. The molecule has 0 atom stereocenters. The Kier molecular flexibility index (Phi) is 4.48. The van der Waals surface area contributed by atoms with Crippen LogP contribution in [0.25, 0.3) is 0 Å². The quantitative estimate of drug-likeness (QED) is 0.871. The molecule has 0 saturated carbocycles. The van der Waals surface area contributed by atoms with Crippen molar-refractivity contribution in [3.8, 4) is 5.75 Å². The maximum atomic E-state index is 12.8. The van der Waals surface area contributed by atoms with E-state index < -0.39 is 0 Å². The SMILES string of the molecule is CCOc1cccc(N)c1C(=O)N1CCSC(C)(C)C1. The Balaban J connectivity index is 2.29. The third-order valence-corrected chi connectivity index (χ3v) is 4.58. The second kappa shape index (κ2) is 5.95. The Morgan fingerprint density at radius 3 is 2.90 bits per heavy atom. The molecule has 0 unspecified atom stereocenters. The molecule has 1 aliphatic rings. The fourth-order valence-corrected chi connectivity index (χ4v) is 3.51. The van der Waals surface area contributed by atoms with Crippen LogP contribution in [0.1, 0.15) is 31.1 Å². The van der Waals surface area contributed by atoms with E-state index in [1.807, 2.05) is 29.7 Å². The smallest absolute Gasteiger partial charge is 0.259 e. The highest BCUT2D eigenvalue weighted by molar-refractivity contribution is 8.00. The Morgan fingerprint density at radius 1 is 1.50 bits per heavy atom. The lowest BCUT2D eigenvalue weighted by Gasteiger charge is -2.37. The normalized spacial score (nSPS) is 17.9. The number of hydrogen-bond donors (Lipinski definition) is 1. The molecule has 1 aromatic rings. The molecule has 0 aromatic heterocycles. The lowest BCUT2D eigenvalue weighted by Crippen LogP contribution is -2.46. The first-order chi connectivity index (χ1) is 9.44. The summed E-state index contributed by atoms with van der Waals surface area (Å²) >= 11 is 1.90. The number of ether oxygens (including phenoxy) is 1. The number of nitrogen functional groups attached to an aromatic ring is 1. The van der Waals surface area contributed by atoms with Crippen molar-refractivity contribution >= 4 is 23.4 Å². The average molecular weight is 294 g/mol. The summed E-state index contributed by atoms with van der Waals surface area (Å²) in [6, 6.07) is 5.36. The fraction of sp³-hybridized carbons (Fsp3) is 0.533. The van der Waals surface area contributed by atoms with Gasteiger partial charge in [-0.05, 0) is 32.9 Å². The summed E-state index contributed by atoms with van der Waals surface area (Å²) in [7, 11) is 0. The van der Waals surface area contributed by atoms with Crippen LogP contribution in [0.2, 0.25) is 0 Å². The summed E-state index contributed by atoms with van der Waals surface area (Å²) < 4.78 is 5.64. The van der Waals surface area contributed by atoms with Gasteiger partial charge in [-0.25, -0.2) is 0 Å². The number of nitrogens with zero attached hydrogens (tertiary/aromatic N) is 1. The number of amides is 1. The standard InChI is InChI=1S/C15H22N2O2S/c1-4-19-12-7-5-6-11(16)13(12)14(18)17-8-9-20-15(2,3)10-17/h5-7H,4,8-10,16H2,1-3H3. The predicted molar refractivity (Wildman–Crippen MR) is 84.5 cm³/mol. The third kappa shape index (κ3) is 3.20. The molecule has 1 fully saturated rings. The monoisotopic (exact) mass is 294 g/mol. The van der Waals surface area contributed by atoms with E-state index in [4.69, 9.17) is 10.5 Å². The number of hydrogen-bond acceptors (Lipinski definition) is 4. The van der Waals surface area contributed by atoms with Gasteiger partial charge in [0.25, 0.3) is 5.91 Å². The number of thioether (sulfide) groups is 1. The van der Waals surface area contributed by atoms with Gasteiger partial charge in [0.05, 0.1) is 6.61 Å². The van der Waals surface area contributed by atoms with Gasteiger partial charge in [0, 0.05) is 29.3 Å². The first-order valence-electron chi connectivity index (χ1n) is 6.89. The molecule has 1 saturated heterocycles. The van der Waals surface area contributed by atoms with Crippen molar-refractivity contribution in [3.63, 3.8) is 0 Å². The summed E-state index contributed by atoms with van der Waals surface area (Å²) in [5, 5.41) is 0. The van der Waals surface area contributed by atoms with E-state index in [2.05, 4.69) is 13.8 Å². The van der Waals surface area contributed by atoms with Crippen LogP contribution in [0.15, 0.2) is 18.2 Å². The lowest BCUT2D eigenvalue weighted by atomic mass is 10.1.